The van der Waals surface area contributed by atoms with Crippen molar-refractivity contribution in [3.05, 3.63) is 29.8 Å². The minimum absolute atomic E-state index is 0.0238. The van der Waals surface area contributed by atoms with E-state index in [1.54, 1.807) is 0 Å². The van der Waals surface area contributed by atoms with Crippen LogP contribution in [0.3, 0.4) is 0 Å². The van der Waals surface area contributed by atoms with Crippen molar-refractivity contribution >= 4 is 5.69 Å². The molecule has 3 N–H and O–H groups in total. The lowest BCUT2D eigenvalue weighted by atomic mass is 9.93. The van der Waals surface area contributed by atoms with Gasteiger partial charge in [-0.25, -0.2) is 0 Å². The maximum Gasteiger partial charge on any atom is 0.0523 e. The molecule has 0 fully saturated rings. The molecule has 0 aliphatic carbocycles. The fourth-order valence-electron chi connectivity index (χ4n) is 1.38. The fourth-order valence-corrected chi connectivity index (χ4v) is 1.38. The smallest absolute Gasteiger partial charge is 0.0523 e. The number of nitrogens with one attached hydrogen (secondary N) is 1. The van der Waals surface area contributed by atoms with E-state index in [1.165, 1.54) is 5.56 Å². The number of aliphatic hydroxyl groups is 2. The van der Waals surface area contributed by atoms with E-state index in [4.69, 9.17) is 10.2 Å². The highest BCUT2D eigenvalue weighted by atomic mass is 16.3. The first kappa shape index (κ1) is 13.0. The normalized spacial score (nSPS) is 11.5. The van der Waals surface area contributed by atoms with Gasteiger partial charge in [0.2, 0.25) is 0 Å². The van der Waals surface area contributed by atoms with Crippen molar-refractivity contribution in [1.29, 1.82) is 0 Å². The monoisotopic (exact) mass is 223 g/mol. The zero-order valence-electron chi connectivity index (χ0n) is 10.0. The minimum Gasteiger partial charge on any atom is -0.396 e. The summed E-state index contributed by atoms with van der Waals surface area (Å²) in [5.41, 5.74) is 1.84. The van der Waals surface area contributed by atoms with E-state index in [1.807, 2.05) is 19.1 Å². The van der Waals surface area contributed by atoms with Crippen molar-refractivity contribution in [3.8, 4) is 0 Å². The summed E-state index contributed by atoms with van der Waals surface area (Å²) in [6.07, 6.45) is 1.01. The van der Waals surface area contributed by atoms with Gasteiger partial charge in [0.05, 0.1) is 13.2 Å². The molecule has 1 rings (SSSR count). The summed E-state index contributed by atoms with van der Waals surface area (Å²) in [7, 11) is 0. The molecule has 0 aliphatic rings. The van der Waals surface area contributed by atoms with Crippen LogP contribution in [0.2, 0.25) is 0 Å². The van der Waals surface area contributed by atoms with Crippen molar-refractivity contribution in [3.63, 3.8) is 0 Å². The lowest BCUT2D eigenvalue weighted by Gasteiger charge is -2.25. The molecule has 0 spiro atoms. The molecule has 0 unspecified atom stereocenters. The Labute approximate surface area is 97.1 Å². The van der Waals surface area contributed by atoms with Crippen molar-refractivity contribution in [1.82, 2.24) is 0 Å². The molecule has 3 nitrogen and oxygen atoms in total. The highest BCUT2D eigenvalue weighted by molar-refractivity contribution is 5.45. The molecule has 0 aromatic heterocycles. The lowest BCUT2D eigenvalue weighted by molar-refractivity contribution is 0.0806. The standard InChI is InChI=1S/C13H21NO2/c1-3-11-5-4-6-12(7-11)14-8-13(2,9-15)10-16/h4-7,14-16H,3,8-10H2,1-2H3. The summed E-state index contributed by atoms with van der Waals surface area (Å²) in [4.78, 5) is 0. The Morgan fingerprint density at radius 2 is 1.94 bits per heavy atom. The van der Waals surface area contributed by atoms with E-state index in [0.717, 1.165) is 12.1 Å². The van der Waals surface area contributed by atoms with E-state index in [-0.39, 0.29) is 13.2 Å². The molecule has 0 aliphatic heterocycles. The van der Waals surface area contributed by atoms with Crippen LogP contribution in [0.5, 0.6) is 0 Å². The van der Waals surface area contributed by atoms with Gasteiger partial charge in [-0.1, -0.05) is 26.0 Å². The van der Waals surface area contributed by atoms with Crippen LogP contribution in [0, 0.1) is 5.41 Å². The molecule has 90 valence electrons. The number of hydrogen-bond donors (Lipinski definition) is 3. The van der Waals surface area contributed by atoms with Gasteiger partial charge in [-0.15, -0.1) is 0 Å². The fraction of sp³-hybridized carbons (Fsp3) is 0.538. The summed E-state index contributed by atoms with van der Waals surface area (Å²) in [5.74, 6) is 0. The summed E-state index contributed by atoms with van der Waals surface area (Å²) in [6, 6.07) is 8.18. The van der Waals surface area contributed by atoms with Gasteiger partial charge in [0.1, 0.15) is 0 Å². The molecule has 0 saturated heterocycles. The molecule has 16 heavy (non-hydrogen) atoms. The number of aryl methyl sites for hydroxylation is 1. The Morgan fingerprint density at radius 3 is 2.50 bits per heavy atom. The number of benzene rings is 1. The van der Waals surface area contributed by atoms with Crippen LogP contribution in [0.25, 0.3) is 0 Å². The third-order valence-corrected chi connectivity index (χ3v) is 2.82. The van der Waals surface area contributed by atoms with E-state index in [0.29, 0.717) is 6.54 Å². The zero-order chi connectivity index (χ0) is 12.0. The van der Waals surface area contributed by atoms with E-state index >= 15 is 0 Å². The van der Waals surface area contributed by atoms with Gasteiger partial charge in [0.15, 0.2) is 0 Å². The van der Waals surface area contributed by atoms with Gasteiger partial charge in [-0.3, -0.25) is 0 Å². The van der Waals surface area contributed by atoms with Crippen molar-refractivity contribution < 1.29 is 10.2 Å². The maximum atomic E-state index is 9.16. The van der Waals surface area contributed by atoms with Crippen molar-refractivity contribution in [2.24, 2.45) is 5.41 Å². The first-order valence-electron chi connectivity index (χ1n) is 5.68. The Hall–Kier alpha value is -1.06. The van der Waals surface area contributed by atoms with E-state index in [9.17, 15) is 0 Å². The topological polar surface area (TPSA) is 52.5 Å². The Kier molecular flexibility index (Phi) is 4.77. The number of aliphatic hydroxyl groups excluding tert-OH is 2. The van der Waals surface area contributed by atoms with E-state index < -0.39 is 5.41 Å². The van der Waals surface area contributed by atoms with Crippen molar-refractivity contribution in [2.75, 3.05) is 25.1 Å². The van der Waals surface area contributed by atoms with Crippen LogP contribution in [-0.4, -0.2) is 30.0 Å². The number of rotatable bonds is 6. The molecular weight excluding hydrogens is 202 g/mol. The van der Waals surface area contributed by atoms with Crippen LogP contribution in [0.1, 0.15) is 19.4 Å². The predicted octanol–water partition coefficient (Wildman–Crippen LogP) is 1.65. The molecule has 0 saturated carbocycles. The highest BCUT2D eigenvalue weighted by Crippen LogP contribution is 2.17. The Bertz CT molecular complexity index is 321. The minimum atomic E-state index is -0.470. The second kappa shape index (κ2) is 5.87. The third kappa shape index (κ3) is 3.51. The summed E-state index contributed by atoms with van der Waals surface area (Å²) in [5, 5.41) is 21.6. The molecule has 1 aromatic carbocycles. The summed E-state index contributed by atoms with van der Waals surface area (Å²) < 4.78 is 0. The molecule has 0 radical (unpaired) electrons. The van der Waals surface area contributed by atoms with Gasteiger partial charge in [-0.05, 0) is 24.1 Å². The highest BCUT2D eigenvalue weighted by Gasteiger charge is 2.21. The zero-order valence-corrected chi connectivity index (χ0v) is 10.0. The average Bonchev–Trinajstić information content (AvgIpc) is 2.36. The summed E-state index contributed by atoms with van der Waals surface area (Å²) in [6.45, 7) is 4.48. The van der Waals surface area contributed by atoms with Gasteiger partial charge < -0.3 is 15.5 Å². The SMILES string of the molecule is CCc1cccc(NCC(C)(CO)CO)c1. The predicted molar refractivity (Wildman–Crippen MR) is 66.6 cm³/mol. The molecule has 0 amide bonds. The number of anilines is 1. The molecule has 0 heterocycles. The second-order valence-electron chi connectivity index (χ2n) is 4.53. The van der Waals surface area contributed by atoms with Crippen LogP contribution in [0.15, 0.2) is 24.3 Å². The Morgan fingerprint density at radius 1 is 1.25 bits per heavy atom. The molecular formula is C13H21NO2. The van der Waals surface area contributed by atoms with Crippen LogP contribution >= 0.6 is 0 Å². The van der Waals surface area contributed by atoms with Crippen LogP contribution in [-0.2, 0) is 6.42 Å². The summed E-state index contributed by atoms with van der Waals surface area (Å²) >= 11 is 0. The van der Waals surface area contributed by atoms with Crippen molar-refractivity contribution in [2.45, 2.75) is 20.3 Å². The van der Waals surface area contributed by atoms with Gasteiger partial charge >= 0.3 is 0 Å². The third-order valence-electron chi connectivity index (χ3n) is 2.82. The first-order chi connectivity index (χ1) is 7.63. The molecule has 3 heteroatoms. The van der Waals surface area contributed by atoms with Crippen LogP contribution < -0.4 is 5.32 Å². The Balaban J connectivity index is 2.60. The van der Waals surface area contributed by atoms with Gasteiger partial charge in [0.25, 0.3) is 0 Å². The number of hydrogen-bond acceptors (Lipinski definition) is 3. The van der Waals surface area contributed by atoms with Gasteiger partial charge in [0, 0.05) is 17.6 Å². The first-order valence-corrected chi connectivity index (χ1v) is 5.68. The van der Waals surface area contributed by atoms with Gasteiger partial charge in [-0.2, -0.15) is 0 Å². The molecule has 0 atom stereocenters. The molecule has 0 bridgehead atoms. The lowest BCUT2D eigenvalue weighted by Crippen LogP contribution is -2.34. The maximum absolute atomic E-state index is 9.16. The molecule has 1 aromatic rings. The second-order valence-corrected chi connectivity index (χ2v) is 4.53. The average molecular weight is 223 g/mol. The largest absolute Gasteiger partial charge is 0.396 e. The van der Waals surface area contributed by atoms with E-state index in [2.05, 4.69) is 24.4 Å². The quantitative estimate of drug-likeness (QED) is 0.687. The van der Waals surface area contributed by atoms with Crippen LogP contribution in [0.4, 0.5) is 5.69 Å².